The number of benzene rings is 2. The second-order valence-electron chi connectivity index (χ2n) is 7.68. The molecule has 0 bridgehead atoms. The highest BCUT2D eigenvalue weighted by Gasteiger charge is 2.28. The van der Waals surface area contributed by atoms with E-state index in [2.05, 4.69) is 6.07 Å². The number of hydrogen-bond donors (Lipinski definition) is 0. The molecule has 0 unspecified atom stereocenters. The zero-order valence-electron chi connectivity index (χ0n) is 17.2. The Kier molecular flexibility index (Phi) is 5.81. The van der Waals surface area contributed by atoms with Gasteiger partial charge in [0.25, 0.3) is 0 Å². The van der Waals surface area contributed by atoms with E-state index in [0.29, 0.717) is 42.8 Å². The second-order valence-corrected chi connectivity index (χ2v) is 7.68. The molecular weight excluding hydrogens is 398 g/mol. The van der Waals surface area contributed by atoms with Gasteiger partial charge in [0.1, 0.15) is 11.6 Å². The van der Waals surface area contributed by atoms with E-state index in [9.17, 15) is 18.8 Å². The monoisotopic (exact) mass is 420 g/mol. The first kappa shape index (κ1) is 20.7. The van der Waals surface area contributed by atoms with Gasteiger partial charge in [-0.15, -0.1) is 0 Å². The summed E-state index contributed by atoms with van der Waals surface area (Å²) in [7, 11) is 0. The summed E-state index contributed by atoms with van der Waals surface area (Å²) in [6.07, 6.45) is 1.87. The van der Waals surface area contributed by atoms with Crippen LogP contribution in [0.2, 0.25) is 0 Å². The standard InChI is InChI=1S/C24H22F2N4O/c1-2-4-23(31)29-10-9-22-20(15-29)24(17-6-3-5-16(11-17)13-27)28-30(22)14-18-7-8-19(25)12-21(18)26/h3,5-8,11-12H,2,4,9-10,14-15H2,1H3. The minimum Gasteiger partial charge on any atom is -0.338 e. The molecule has 0 radical (unpaired) electrons. The molecule has 1 aliphatic rings. The van der Waals surface area contributed by atoms with Crippen molar-refractivity contribution in [3.05, 3.63) is 76.5 Å². The third-order valence-corrected chi connectivity index (χ3v) is 5.55. The fraction of sp³-hybridized carbons (Fsp3) is 0.292. The normalized spacial score (nSPS) is 13.0. The summed E-state index contributed by atoms with van der Waals surface area (Å²) in [6.45, 7) is 3.13. The molecule has 1 aliphatic heterocycles. The fourth-order valence-electron chi connectivity index (χ4n) is 3.99. The number of nitriles is 1. The van der Waals surface area contributed by atoms with Gasteiger partial charge in [-0.05, 0) is 24.6 Å². The first-order valence-electron chi connectivity index (χ1n) is 10.3. The number of fused-ring (bicyclic) bond motifs is 1. The Bertz CT molecular complexity index is 1180. The summed E-state index contributed by atoms with van der Waals surface area (Å²) in [5.74, 6) is -1.14. The van der Waals surface area contributed by atoms with Crippen LogP contribution in [-0.2, 0) is 24.3 Å². The molecule has 0 aliphatic carbocycles. The lowest BCUT2D eigenvalue weighted by atomic mass is 9.99. The Morgan fingerprint density at radius 3 is 2.81 bits per heavy atom. The van der Waals surface area contributed by atoms with Crippen molar-refractivity contribution in [2.75, 3.05) is 6.54 Å². The van der Waals surface area contributed by atoms with Gasteiger partial charge >= 0.3 is 0 Å². The van der Waals surface area contributed by atoms with Crippen LogP contribution in [0.5, 0.6) is 0 Å². The largest absolute Gasteiger partial charge is 0.338 e. The van der Waals surface area contributed by atoms with Gasteiger partial charge in [0.05, 0.1) is 23.9 Å². The SMILES string of the molecule is CCCC(=O)N1CCc2c(c(-c3cccc(C#N)c3)nn2Cc2ccc(F)cc2F)C1. The maximum absolute atomic E-state index is 14.3. The van der Waals surface area contributed by atoms with Crippen LogP contribution in [0.4, 0.5) is 8.78 Å². The summed E-state index contributed by atoms with van der Waals surface area (Å²) in [6, 6.07) is 12.8. The van der Waals surface area contributed by atoms with Gasteiger partial charge in [-0.25, -0.2) is 8.78 Å². The molecule has 1 amide bonds. The van der Waals surface area contributed by atoms with Crippen molar-refractivity contribution in [2.24, 2.45) is 0 Å². The Morgan fingerprint density at radius 1 is 1.23 bits per heavy atom. The number of halogens is 2. The molecule has 5 nitrogen and oxygen atoms in total. The van der Waals surface area contributed by atoms with Gasteiger partial charge in [0, 0.05) is 54.4 Å². The third kappa shape index (κ3) is 4.19. The van der Waals surface area contributed by atoms with E-state index in [-0.39, 0.29) is 12.5 Å². The number of amides is 1. The van der Waals surface area contributed by atoms with Gasteiger partial charge in [0.2, 0.25) is 5.91 Å². The van der Waals surface area contributed by atoms with Crippen LogP contribution >= 0.6 is 0 Å². The van der Waals surface area contributed by atoms with Crippen LogP contribution in [0, 0.1) is 23.0 Å². The fourth-order valence-corrected chi connectivity index (χ4v) is 3.99. The molecular formula is C24H22F2N4O. The lowest BCUT2D eigenvalue weighted by molar-refractivity contribution is -0.132. The summed E-state index contributed by atoms with van der Waals surface area (Å²) in [4.78, 5) is 14.3. The first-order valence-corrected chi connectivity index (χ1v) is 10.3. The molecule has 2 aromatic carbocycles. The molecule has 0 saturated carbocycles. The third-order valence-electron chi connectivity index (χ3n) is 5.55. The Balaban J connectivity index is 1.77. The Labute approximate surface area is 179 Å². The van der Waals surface area contributed by atoms with E-state index in [1.165, 1.54) is 12.1 Å². The number of carbonyl (C=O) groups excluding carboxylic acids is 1. The van der Waals surface area contributed by atoms with E-state index >= 15 is 0 Å². The molecule has 0 atom stereocenters. The minimum absolute atomic E-state index is 0.0993. The van der Waals surface area contributed by atoms with Crippen LogP contribution in [0.15, 0.2) is 42.5 Å². The van der Waals surface area contributed by atoms with E-state index < -0.39 is 11.6 Å². The van der Waals surface area contributed by atoms with Crippen LogP contribution in [0.3, 0.4) is 0 Å². The van der Waals surface area contributed by atoms with Gasteiger partial charge in [-0.1, -0.05) is 25.1 Å². The number of carbonyl (C=O) groups is 1. The van der Waals surface area contributed by atoms with Crippen molar-refractivity contribution >= 4 is 5.91 Å². The Hall–Kier alpha value is -3.53. The van der Waals surface area contributed by atoms with Gasteiger partial charge < -0.3 is 4.90 Å². The molecule has 4 rings (SSSR count). The molecule has 158 valence electrons. The van der Waals surface area contributed by atoms with Gasteiger partial charge in [0.15, 0.2) is 0 Å². The van der Waals surface area contributed by atoms with E-state index in [4.69, 9.17) is 5.10 Å². The number of rotatable bonds is 5. The highest BCUT2D eigenvalue weighted by Crippen LogP contribution is 2.31. The predicted molar refractivity (Wildman–Crippen MR) is 112 cm³/mol. The van der Waals surface area contributed by atoms with Crippen molar-refractivity contribution in [2.45, 2.75) is 39.3 Å². The zero-order valence-corrected chi connectivity index (χ0v) is 17.2. The van der Waals surface area contributed by atoms with Crippen LogP contribution in [-0.4, -0.2) is 27.1 Å². The number of aromatic nitrogens is 2. The summed E-state index contributed by atoms with van der Waals surface area (Å²) in [5, 5.41) is 14.0. The van der Waals surface area contributed by atoms with Crippen LogP contribution in [0.1, 0.15) is 42.1 Å². The molecule has 0 N–H and O–H groups in total. The van der Waals surface area contributed by atoms with E-state index in [1.54, 1.807) is 22.9 Å². The van der Waals surface area contributed by atoms with Crippen LogP contribution in [0.25, 0.3) is 11.3 Å². The quantitative estimate of drug-likeness (QED) is 0.613. The average molecular weight is 420 g/mol. The van der Waals surface area contributed by atoms with Gasteiger partial charge in [-0.2, -0.15) is 10.4 Å². The molecule has 31 heavy (non-hydrogen) atoms. The van der Waals surface area contributed by atoms with Crippen molar-refractivity contribution < 1.29 is 13.6 Å². The molecule has 0 fully saturated rings. The molecule has 0 spiro atoms. The Morgan fingerprint density at radius 2 is 2.06 bits per heavy atom. The summed E-state index contributed by atoms with van der Waals surface area (Å²) in [5.41, 5.74) is 4.16. The van der Waals surface area contributed by atoms with Crippen molar-refractivity contribution in [3.8, 4) is 17.3 Å². The molecule has 1 aromatic heterocycles. The molecule has 3 aromatic rings. The van der Waals surface area contributed by atoms with Gasteiger partial charge in [-0.3, -0.25) is 9.48 Å². The first-order chi connectivity index (χ1) is 15.0. The smallest absolute Gasteiger partial charge is 0.222 e. The maximum Gasteiger partial charge on any atom is 0.222 e. The predicted octanol–water partition coefficient (Wildman–Crippen LogP) is 4.43. The van der Waals surface area contributed by atoms with Crippen molar-refractivity contribution in [3.63, 3.8) is 0 Å². The number of hydrogen-bond acceptors (Lipinski definition) is 3. The van der Waals surface area contributed by atoms with Crippen LogP contribution < -0.4 is 0 Å². The summed E-state index contributed by atoms with van der Waals surface area (Å²) < 4.78 is 29.3. The maximum atomic E-state index is 14.3. The highest BCUT2D eigenvalue weighted by molar-refractivity contribution is 5.77. The zero-order chi connectivity index (χ0) is 22.0. The number of nitrogens with zero attached hydrogens (tertiary/aromatic N) is 4. The van der Waals surface area contributed by atoms with E-state index in [0.717, 1.165) is 29.3 Å². The molecule has 2 heterocycles. The van der Waals surface area contributed by atoms with Crippen molar-refractivity contribution in [1.29, 1.82) is 5.26 Å². The van der Waals surface area contributed by atoms with Crippen molar-refractivity contribution in [1.82, 2.24) is 14.7 Å². The summed E-state index contributed by atoms with van der Waals surface area (Å²) >= 11 is 0. The molecule has 0 saturated heterocycles. The minimum atomic E-state index is -0.622. The lowest BCUT2D eigenvalue weighted by Gasteiger charge is -2.28. The molecule has 7 heteroatoms. The second kappa shape index (κ2) is 8.68. The topological polar surface area (TPSA) is 61.9 Å². The lowest BCUT2D eigenvalue weighted by Crippen LogP contribution is -2.36. The van der Waals surface area contributed by atoms with E-state index in [1.807, 2.05) is 17.9 Å². The highest BCUT2D eigenvalue weighted by atomic mass is 19.1. The average Bonchev–Trinajstić information content (AvgIpc) is 3.13.